The van der Waals surface area contributed by atoms with Crippen molar-refractivity contribution in [2.24, 2.45) is 5.73 Å². The highest BCUT2D eigenvalue weighted by molar-refractivity contribution is 5.76. The zero-order chi connectivity index (χ0) is 10.9. The van der Waals surface area contributed by atoms with Crippen LogP contribution < -0.4 is 5.73 Å². The lowest BCUT2D eigenvalue weighted by molar-refractivity contribution is -0.138. The molecule has 14 heavy (non-hydrogen) atoms. The van der Waals surface area contributed by atoms with Crippen LogP contribution in [0.15, 0.2) is 12.1 Å². The molecule has 1 atom stereocenters. The average Bonchev–Trinajstić information content (AvgIpc) is 2.01. The summed E-state index contributed by atoms with van der Waals surface area (Å²) < 4.78 is 0. The molecular formula is C11H15NO2. The summed E-state index contributed by atoms with van der Waals surface area (Å²) in [5, 5.41) is 8.83. The highest BCUT2D eigenvalue weighted by atomic mass is 16.4. The molecule has 0 amide bonds. The zero-order valence-electron chi connectivity index (χ0n) is 8.66. The number of aryl methyl sites for hydroxylation is 3. The number of benzene rings is 1. The number of hydrogen-bond acceptors (Lipinski definition) is 2. The summed E-state index contributed by atoms with van der Waals surface area (Å²) in [6, 6.07) is 2.98. The number of rotatable bonds is 2. The molecule has 1 aromatic carbocycles. The maximum absolute atomic E-state index is 10.8. The predicted octanol–water partition coefficient (Wildman–Crippen LogP) is 1.70. The van der Waals surface area contributed by atoms with E-state index in [2.05, 4.69) is 0 Å². The third-order valence-corrected chi connectivity index (χ3v) is 2.32. The molecule has 3 N–H and O–H groups in total. The smallest absolute Gasteiger partial charge is 0.325 e. The van der Waals surface area contributed by atoms with E-state index in [1.54, 1.807) is 0 Å². The number of hydrogen-bond donors (Lipinski definition) is 2. The van der Waals surface area contributed by atoms with Crippen molar-refractivity contribution >= 4 is 5.97 Å². The first-order chi connectivity index (χ1) is 6.43. The number of carbonyl (C=O) groups is 1. The molecule has 0 saturated carbocycles. The summed E-state index contributed by atoms with van der Waals surface area (Å²) in [6.07, 6.45) is 0. The highest BCUT2D eigenvalue weighted by Crippen LogP contribution is 2.21. The van der Waals surface area contributed by atoms with Gasteiger partial charge in [0.05, 0.1) is 0 Å². The Balaban J connectivity index is 3.27. The molecule has 1 aromatic rings. The molecule has 0 aliphatic rings. The zero-order valence-corrected chi connectivity index (χ0v) is 8.66. The molecule has 0 spiro atoms. The number of carboxylic acids is 1. The molecule has 0 aromatic heterocycles. The molecule has 3 nitrogen and oxygen atoms in total. The maximum atomic E-state index is 10.8. The second-order valence-electron chi connectivity index (χ2n) is 3.63. The molecule has 3 heteroatoms. The van der Waals surface area contributed by atoms with E-state index in [1.165, 1.54) is 0 Å². The molecule has 0 radical (unpaired) electrons. The molecule has 0 aliphatic carbocycles. The summed E-state index contributed by atoms with van der Waals surface area (Å²) in [4.78, 5) is 10.8. The van der Waals surface area contributed by atoms with Crippen molar-refractivity contribution in [1.82, 2.24) is 0 Å². The molecule has 1 unspecified atom stereocenters. The molecule has 0 heterocycles. The lowest BCUT2D eigenvalue weighted by Crippen LogP contribution is -2.22. The number of carboxylic acid groups (broad SMARTS) is 1. The van der Waals surface area contributed by atoms with Gasteiger partial charge in [-0.15, -0.1) is 0 Å². The van der Waals surface area contributed by atoms with Gasteiger partial charge < -0.3 is 10.8 Å². The minimum absolute atomic E-state index is 0.725. The van der Waals surface area contributed by atoms with Crippen LogP contribution >= 0.6 is 0 Å². The molecule has 76 valence electrons. The van der Waals surface area contributed by atoms with Gasteiger partial charge in [-0.3, -0.25) is 4.79 Å². The first-order valence-corrected chi connectivity index (χ1v) is 4.49. The second kappa shape index (κ2) is 3.80. The molecule has 0 fully saturated rings. The van der Waals surface area contributed by atoms with Gasteiger partial charge >= 0.3 is 5.97 Å². The van der Waals surface area contributed by atoms with Crippen LogP contribution in [0.4, 0.5) is 0 Å². The van der Waals surface area contributed by atoms with Gasteiger partial charge in [0, 0.05) is 0 Å². The van der Waals surface area contributed by atoms with Crippen LogP contribution in [0.3, 0.4) is 0 Å². The van der Waals surface area contributed by atoms with E-state index < -0.39 is 12.0 Å². The van der Waals surface area contributed by atoms with E-state index in [-0.39, 0.29) is 0 Å². The van der Waals surface area contributed by atoms with Gasteiger partial charge in [-0.25, -0.2) is 0 Å². The fourth-order valence-corrected chi connectivity index (χ4v) is 1.81. The summed E-state index contributed by atoms with van der Waals surface area (Å²) in [7, 11) is 0. The Morgan fingerprint density at radius 3 is 2.07 bits per heavy atom. The summed E-state index contributed by atoms with van der Waals surface area (Å²) in [5.41, 5.74) is 9.33. The van der Waals surface area contributed by atoms with Gasteiger partial charge in [0.1, 0.15) is 6.04 Å². The molecule has 0 saturated heterocycles. The number of aliphatic carboxylic acids is 1. The van der Waals surface area contributed by atoms with Gasteiger partial charge in [-0.05, 0) is 37.5 Å². The van der Waals surface area contributed by atoms with Crippen molar-refractivity contribution in [2.45, 2.75) is 26.8 Å². The molecular weight excluding hydrogens is 178 g/mol. The van der Waals surface area contributed by atoms with Crippen molar-refractivity contribution in [2.75, 3.05) is 0 Å². The molecule has 1 rings (SSSR count). The van der Waals surface area contributed by atoms with Crippen molar-refractivity contribution in [3.8, 4) is 0 Å². The minimum Gasteiger partial charge on any atom is -0.480 e. The third kappa shape index (κ3) is 1.93. The summed E-state index contributed by atoms with van der Waals surface area (Å²) in [6.45, 7) is 5.76. The van der Waals surface area contributed by atoms with E-state index in [1.807, 2.05) is 32.9 Å². The number of nitrogens with two attached hydrogens (primary N) is 1. The minimum atomic E-state index is -0.986. The van der Waals surface area contributed by atoms with Crippen LogP contribution in [-0.2, 0) is 4.79 Å². The van der Waals surface area contributed by atoms with Gasteiger partial charge in [-0.1, -0.05) is 17.7 Å². The van der Waals surface area contributed by atoms with Crippen LogP contribution in [-0.4, -0.2) is 11.1 Å². The van der Waals surface area contributed by atoms with Gasteiger partial charge in [0.15, 0.2) is 0 Å². The van der Waals surface area contributed by atoms with Crippen molar-refractivity contribution in [1.29, 1.82) is 0 Å². The van der Waals surface area contributed by atoms with Crippen LogP contribution in [0.2, 0.25) is 0 Å². The Morgan fingerprint density at radius 1 is 1.29 bits per heavy atom. The van der Waals surface area contributed by atoms with E-state index in [0.29, 0.717) is 0 Å². The highest BCUT2D eigenvalue weighted by Gasteiger charge is 2.18. The van der Waals surface area contributed by atoms with E-state index in [0.717, 1.165) is 22.3 Å². The lowest BCUT2D eigenvalue weighted by Gasteiger charge is -2.14. The Kier molecular flexibility index (Phi) is 2.91. The first-order valence-electron chi connectivity index (χ1n) is 4.49. The van der Waals surface area contributed by atoms with Crippen molar-refractivity contribution in [3.05, 3.63) is 34.4 Å². The van der Waals surface area contributed by atoms with Crippen molar-refractivity contribution < 1.29 is 9.90 Å². The summed E-state index contributed by atoms with van der Waals surface area (Å²) >= 11 is 0. The third-order valence-electron chi connectivity index (χ3n) is 2.32. The topological polar surface area (TPSA) is 63.3 Å². The summed E-state index contributed by atoms with van der Waals surface area (Å²) in [5.74, 6) is -0.986. The standard InChI is InChI=1S/C11H15NO2/c1-6-4-7(2)9(8(3)5-6)10(12)11(13)14/h4-5,10H,12H2,1-3H3,(H,13,14). The normalized spacial score (nSPS) is 12.6. The lowest BCUT2D eigenvalue weighted by atomic mass is 9.94. The first kappa shape index (κ1) is 10.7. The Hall–Kier alpha value is -1.35. The van der Waals surface area contributed by atoms with Gasteiger partial charge in [0.25, 0.3) is 0 Å². The van der Waals surface area contributed by atoms with Crippen LogP contribution in [0.1, 0.15) is 28.3 Å². The molecule has 0 aliphatic heterocycles. The molecule has 0 bridgehead atoms. The fourth-order valence-electron chi connectivity index (χ4n) is 1.81. The Bertz CT molecular complexity index is 349. The van der Waals surface area contributed by atoms with Crippen LogP contribution in [0.5, 0.6) is 0 Å². The van der Waals surface area contributed by atoms with E-state index in [4.69, 9.17) is 10.8 Å². The quantitative estimate of drug-likeness (QED) is 0.751. The van der Waals surface area contributed by atoms with E-state index in [9.17, 15) is 4.79 Å². The fraction of sp³-hybridized carbons (Fsp3) is 0.364. The SMILES string of the molecule is Cc1cc(C)c(C(N)C(=O)O)c(C)c1. The van der Waals surface area contributed by atoms with Gasteiger partial charge in [-0.2, -0.15) is 0 Å². The maximum Gasteiger partial charge on any atom is 0.325 e. The van der Waals surface area contributed by atoms with Crippen LogP contribution in [0.25, 0.3) is 0 Å². The second-order valence-corrected chi connectivity index (χ2v) is 3.63. The Labute approximate surface area is 83.6 Å². The monoisotopic (exact) mass is 193 g/mol. The van der Waals surface area contributed by atoms with Crippen molar-refractivity contribution in [3.63, 3.8) is 0 Å². The Morgan fingerprint density at radius 2 is 1.71 bits per heavy atom. The van der Waals surface area contributed by atoms with Crippen LogP contribution in [0, 0.1) is 20.8 Å². The largest absolute Gasteiger partial charge is 0.480 e. The average molecular weight is 193 g/mol. The van der Waals surface area contributed by atoms with Gasteiger partial charge in [0.2, 0.25) is 0 Å². The predicted molar refractivity (Wildman–Crippen MR) is 55.2 cm³/mol. The van der Waals surface area contributed by atoms with E-state index >= 15 is 0 Å².